The number of benzene rings is 1. The number of hydrogen-bond acceptors (Lipinski definition) is 4. The molecule has 136 valence electrons. The van der Waals surface area contributed by atoms with Crippen molar-refractivity contribution in [3.05, 3.63) is 28.8 Å². The minimum Gasteiger partial charge on any atom is -0.488 e. The maximum Gasteiger partial charge on any atom is 0.410 e. The molecule has 0 fully saturated rings. The fourth-order valence-electron chi connectivity index (χ4n) is 3.60. The summed E-state index contributed by atoms with van der Waals surface area (Å²) in [6.45, 7) is 11.1. The van der Waals surface area contributed by atoms with E-state index >= 15 is 0 Å². The minimum absolute atomic E-state index is 0.153. The molecule has 2 heterocycles. The van der Waals surface area contributed by atoms with Crippen LogP contribution in [-0.2, 0) is 11.2 Å². The average molecular weight is 344 g/mol. The number of carbonyl (C=O) groups is 1. The molecule has 1 aromatic carbocycles. The summed E-state index contributed by atoms with van der Waals surface area (Å²) in [7, 11) is 0. The zero-order valence-electron chi connectivity index (χ0n) is 15.8. The van der Waals surface area contributed by atoms with Gasteiger partial charge in [-0.05, 0) is 63.8 Å². The van der Waals surface area contributed by atoms with E-state index in [-0.39, 0.29) is 12.2 Å². The molecule has 0 aliphatic carbocycles. The molecule has 2 N–H and O–H groups in total. The van der Waals surface area contributed by atoms with Crippen molar-refractivity contribution < 1.29 is 14.3 Å². The number of aryl methyl sites for hydroxylation is 1. The van der Waals surface area contributed by atoms with E-state index in [4.69, 9.17) is 15.2 Å². The zero-order chi connectivity index (χ0) is 18.4. The number of ether oxygens (including phenoxy) is 2. The van der Waals surface area contributed by atoms with Crippen LogP contribution in [0.5, 0.6) is 5.75 Å². The Balaban J connectivity index is 1.84. The summed E-state index contributed by atoms with van der Waals surface area (Å²) < 4.78 is 11.4. The molecule has 0 bridgehead atoms. The summed E-state index contributed by atoms with van der Waals surface area (Å²) >= 11 is 0. The topological polar surface area (TPSA) is 64.8 Å². The predicted octanol–water partition coefficient (Wildman–Crippen LogP) is 3.92. The second-order valence-electron chi connectivity index (χ2n) is 8.00. The summed E-state index contributed by atoms with van der Waals surface area (Å²) in [5.41, 5.74) is 11.3. The Morgan fingerprint density at radius 2 is 2.12 bits per heavy atom. The lowest BCUT2D eigenvalue weighted by atomic mass is 9.89. The van der Waals surface area contributed by atoms with Crippen molar-refractivity contribution in [1.29, 1.82) is 0 Å². The Morgan fingerprint density at radius 3 is 2.72 bits per heavy atom. The van der Waals surface area contributed by atoms with E-state index in [1.165, 1.54) is 22.3 Å². The highest BCUT2D eigenvalue weighted by Gasteiger charge is 2.29. The Labute approximate surface area is 149 Å². The van der Waals surface area contributed by atoms with Gasteiger partial charge in [-0.1, -0.05) is 6.08 Å². The molecule has 0 saturated heterocycles. The molecule has 0 aromatic heterocycles. The van der Waals surface area contributed by atoms with Gasteiger partial charge in [0.05, 0.1) is 5.69 Å². The molecule has 2 aliphatic heterocycles. The standard InChI is InChI=1S/C20H28N2O3/c1-12-10-16(21)18-15(11-13(2)24-18)17(12)14-6-8-22(9-7-14)19(23)25-20(3,4)5/h6,10,13H,7-9,11,21H2,1-5H3/t13-/m1/s1. The van der Waals surface area contributed by atoms with Crippen molar-refractivity contribution in [3.63, 3.8) is 0 Å². The molecule has 1 atom stereocenters. The van der Waals surface area contributed by atoms with E-state index in [0.29, 0.717) is 18.8 Å². The lowest BCUT2D eigenvalue weighted by Gasteiger charge is -2.30. The Morgan fingerprint density at radius 1 is 1.40 bits per heavy atom. The number of nitrogens with zero attached hydrogens (tertiary/aromatic N) is 1. The van der Waals surface area contributed by atoms with Crippen molar-refractivity contribution in [3.8, 4) is 5.75 Å². The Hall–Kier alpha value is -2.17. The van der Waals surface area contributed by atoms with Crippen LogP contribution in [0, 0.1) is 6.92 Å². The van der Waals surface area contributed by atoms with Gasteiger partial charge in [-0.25, -0.2) is 4.79 Å². The van der Waals surface area contributed by atoms with E-state index in [0.717, 1.165) is 18.6 Å². The monoisotopic (exact) mass is 344 g/mol. The lowest BCUT2D eigenvalue weighted by Crippen LogP contribution is -2.39. The van der Waals surface area contributed by atoms with Gasteiger partial charge in [-0.2, -0.15) is 0 Å². The second-order valence-corrected chi connectivity index (χ2v) is 8.00. The van der Waals surface area contributed by atoms with Crippen LogP contribution in [0.3, 0.4) is 0 Å². The number of anilines is 1. The molecule has 5 heteroatoms. The van der Waals surface area contributed by atoms with Crippen LogP contribution in [0.1, 0.15) is 50.8 Å². The van der Waals surface area contributed by atoms with Crippen molar-refractivity contribution in [2.75, 3.05) is 18.8 Å². The van der Waals surface area contributed by atoms with Gasteiger partial charge >= 0.3 is 6.09 Å². The van der Waals surface area contributed by atoms with E-state index in [9.17, 15) is 4.79 Å². The van der Waals surface area contributed by atoms with Gasteiger partial charge in [0.1, 0.15) is 17.5 Å². The fraction of sp³-hybridized carbons (Fsp3) is 0.550. The highest BCUT2D eigenvalue weighted by molar-refractivity contribution is 5.79. The van der Waals surface area contributed by atoms with Crippen LogP contribution in [0.4, 0.5) is 10.5 Å². The van der Waals surface area contributed by atoms with E-state index in [1.54, 1.807) is 4.90 Å². The zero-order valence-corrected chi connectivity index (χ0v) is 15.8. The number of hydrogen-bond donors (Lipinski definition) is 1. The van der Waals surface area contributed by atoms with Gasteiger partial charge < -0.3 is 20.1 Å². The first-order valence-electron chi connectivity index (χ1n) is 8.91. The molecule has 0 saturated carbocycles. The summed E-state index contributed by atoms with van der Waals surface area (Å²) in [4.78, 5) is 14.0. The van der Waals surface area contributed by atoms with Crippen LogP contribution in [-0.4, -0.2) is 35.8 Å². The fourth-order valence-corrected chi connectivity index (χ4v) is 3.60. The first kappa shape index (κ1) is 17.6. The molecule has 5 nitrogen and oxygen atoms in total. The molecule has 0 spiro atoms. The molecule has 3 rings (SSSR count). The maximum absolute atomic E-state index is 12.2. The van der Waals surface area contributed by atoms with Gasteiger partial charge in [-0.15, -0.1) is 0 Å². The predicted molar refractivity (Wildman–Crippen MR) is 99.8 cm³/mol. The van der Waals surface area contributed by atoms with E-state index in [2.05, 4.69) is 19.9 Å². The van der Waals surface area contributed by atoms with Gasteiger partial charge in [0.15, 0.2) is 0 Å². The Bertz CT molecular complexity index is 731. The molecular weight excluding hydrogens is 316 g/mol. The Kier molecular flexibility index (Phi) is 4.43. The maximum atomic E-state index is 12.2. The van der Waals surface area contributed by atoms with Crippen LogP contribution >= 0.6 is 0 Å². The highest BCUT2D eigenvalue weighted by atomic mass is 16.6. The van der Waals surface area contributed by atoms with E-state index in [1.807, 2.05) is 26.8 Å². The summed E-state index contributed by atoms with van der Waals surface area (Å²) in [6.07, 6.45) is 3.73. The van der Waals surface area contributed by atoms with E-state index < -0.39 is 5.60 Å². The quantitative estimate of drug-likeness (QED) is 0.784. The van der Waals surface area contributed by atoms with Crippen LogP contribution in [0.15, 0.2) is 12.1 Å². The first-order valence-corrected chi connectivity index (χ1v) is 8.91. The lowest BCUT2D eigenvalue weighted by molar-refractivity contribution is 0.0270. The number of fused-ring (bicyclic) bond motifs is 1. The van der Waals surface area contributed by atoms with Gasteiger partial charge in [0, 0.05) is 25.1 Å². The SMILES string of the molecule is Cc1cc(N)c2c(c1C1=CCN(C(=O)OC(C)(C)C)CC1)C[C@@H](C)O2. The van der Waals surface area contributed by atoms with Crippen molar-refractivity contribution in [2.45, 2.75) is 59.2 Å². The van der Waals surface area contributed by atoms with Crippen LogP contribution in [0.25, 0.3) is 5.57 Å². The van der Waals surface area contributed by atoms with Gasteiger partial charge in [0.25, 0.3) is 0 Å². The molecule has 1 aromatic rings. The van der Waals surface area contributed by atoms with Crippen LogP contribution < -0.4 is 10.5 Å². The third kappa shape index (κ3) is 3.60. The third-order valence-corrected chi connectivity index (χ3v) is 4.60. The number of nitrogen functional groups attached to an aromatic ring is 1. The molecule has 2 aliphatic rings. The summed E-state index contributed by atoms with van der Waals surface area (Å²) in [5, 5.41) is 0. The molecule has 0 radical (unpaired) electrons. The largest absolute Gasteiger partial charge is 0.488 e. The van der Waals surface area contributed by atoms with Crippen molar-refractivity contribution >= 4 is 17.4 Å². The molecule has 0 unspecified atom stereocenters. The van der Waals surface area contributed by atoms with Crippen molar-refractivity contribution in [2.24, 2.45) is 0 Å². The third-order valence-electron chi connectivity index (χ3n) is 4.60. The summed E-state index contributed by atoms with van der Waals surface area (Å²) in [5.74, 6) is 0.837. The number of carbonyl (C=O) groups excluding carboxylic acids is 1. The smallest absolute Gasteiger partial charge is 0.410 e. The summed E-state index contributed by atoms with van der Waals surface area (Å²) in [6, 6.07) is 1.99. The first-order chi connectivity index (χ1) is 11.7. The number of amides is 1. The highest BCUT2D eigenvalue weighted by Crippen LogP contribution is 2.42. The normalized spacial score (nSPS) is 20.0. The van der Waals surface area contributed by atoms with Crippen LogP contribution in [0.2, 0.25) is 0 Å². The minimum atomic E-state index is -0.469. The number of nitrogens with two attached hydrogens (primary N) is 1. The van der Waals surface area contributed by atoms with Gasteiger partial charge in [0.2, 0.25) is 0 Å². The molecule has 1 amide bonds. The average Bonchev–Trinajstić information content (AvgIpc) is 2.88. The molecular formula is C20H28N2O3. The van der Waals surface area contributed by atoms with Crippen molar-refractivity contribution in [1.82, 2.24) is 4.90 Å². The van der Waals surface area contributed by atoms with Gasteiger partial charge in [-0.3, -0.25) is 0 Å². The molecule has 25 heavy (non-hydrogen) atoms. The number of rotatable bonds is 1. The second kappa shape index (κ2) is 6.28.